The third-order valence-electron chi connectivity index (χ3n) is 5.89. The third kappa shape index (κ3) is 4.55. The largest absolute Gasteiger partial charge is 0.459 e. The van der Waals surface area contributed by atoms with Crippen molar-refractivity contribution in [1.29, 1.82) is 0 Å². The van der Waals surface area contributed by atoms with Gasteiger partial charge in [0.2, 0.25) is 10.0 Å². The first-order valence-electron chi connectivity index (χ1n) is 10.2. The molecule has 1 N–H and O–H groups in total. The Labute approximate surface area is 171 Å². The normalized spacial score (nSPS) is 23.8. The maximum atomic E-state index is 12.8. The molecule has 29 heavy (non-hydrogen) atoms. The molecule has 2 aliphatic rings. The molecule has 156 valence electrons. The number of sulfonamides is 1. The average Bonchev–Trinajstić information content (AvgIpc) is 3.29. The van der Waals surface area contributed by atoms with Gasteiger partial charge >= 0.3 is 0 Å². The number of piperazine rings is 1. The van der Waals surface area contributed by atoms with Crippen LogP contribution in [-0.4, -0.2) is 62.4 Å². The van der Waals surface area contributed by atoms with Crippen LogP contribution >= 0.6 is 0 Å². The van der Waals surface area contributed by atoms with E-state index in [4.69, 9.17) is 4.42 Å². The minimum atomic E-state index is -3.54. The molecular weight excluding hydrogens is 390 g/mol. The van der Waals surface area contributed by atoms with Crippen molar-refractivity contribution >= 4 is 15.9 Å². The van der Waals surface area contributed by atoms with E-state index in [1.807, 2.05) is 6.07 Å². The quantitative estimate of drug-likeness (QED) is 0.807. The number of furan rings is 1. The van der Waals surface area contributed by atoms with E-state index in [-0.39, 0.29) is 18.0 Å². The van der Waals surface area contributed by atoms with E-state index in [0.717, 1.165) is 38.8 Å². The van der Waals surface area contributed by atoms with Gasteiger partial charge in [-0.05, 0) is 37.1 Å². The lowest BCUT2D eigenvalue weighted by Crippen LogP contribution is -2.58. The lowest BCUT2D eigenvalue weighted by molar-refractivity contribution is 0.0455. The second kappa shape index (κ2) is 8.69. The summed E-state index contributed by atoms with van der Waals surface area (Å²) >= 11 is 0. The van der Waals surface area contributed by atoms with E-state index in [1.54, 1.807) is 41.3 Å². The molecule has 7 nitrogen and oxygen atoms in total. The molecule has 0 unspecified atom stereocenters. The lowest BCUT2D eigenvalue weighted by atomic mass is 9.89. The molecule has 1 saturated heterocycles. The summed E-state index contributed by atoms with van der Waals surface area (Å²) in [5.74, 6) is 0.282. The predicted octanol–water partition coefficient (Wildman–Crippen LogP) is 2.33. The fourth-order valence-electron chi connectivity index (χ4n) is 4.37. The topological polar surface area (TPSA) is 82.9 Å². The number of rotatable bonds is 5. The van der Waals surface area contributed by atoms with Gasteiger partial charge in [0.05, 0.1) is 11.2 Å². The Balaban J connectivity index is 1.40. The minimum absolute atomic E-state index is 0.0837. The van der Waals surface area contributed by atoms with Crippen LogP contribution in [0.25, 0.3) is 0 Å². The van der Waals surface area contributed by atoms with Crippen LogP contribution in [0.4, 0.5) is 0 Å². The van der Waals surface area contributed by atoms with E-state index in [2.05, 4.69) is 9.62 Å². The summed E-state index contributed by atoms with van der Waals surface area (Å²) in [6.45, 7) is 2.71. The van der Waals surface area contributed by atoms with Crippen LogP contribution in [0, 0.1) is 0 Å². The smallest absolute Gasteiger partial charge is 0.289 e. The molecule has 1 aromatic carbocycles. The van der Waals surface area contributed by atoms with Crippen molar-refractivity contribution in [2.24, 2.45) is 0 Å². The lowest BCUT2D eigenvalue weighted by Gasteiger charge is -2.44. The molecule has 4 rings (SSSR count). The number of hydrogen-bond donors (Lipinski definition) is 1. The standard InChI is InChI=1S/C21H27N3O4S/c25-21(20-11-6-16-28-20)24-14-12-23(13-15-24)19-10-5-4-9-18(19)22-29(26,27)17-7-2-1-3-8-17/h1-3,6-8,11,16,18-19,22H,4-5,9-10,12-15H2/t18-,19+/m1/s1. The molecule has 0 radical (unpaired) electrons. The van der Waals surface area contributed by atoms with Crippen LogP contribution in [0.5, 0.6) is 0 Å². The fraction of sp³-hybridized carbons (Fsp3) is 0.476. The van der Waals surface area contributed by atoms with E-state index in [1.165, 1.54) is 6.26 Å². The van der Waals surface area contributed by atoms with E-state index >= 15 is 0 Å². The zero-order valence-electron chi connectivity index (χ0n) is 16.4. The molecule has 1 saturated carbocycles. The Morgan fingerprint density at radius 3 is 2.38 bits per heavy atom. The van der Waals surface area contributed by atoms with E-state index in [9.17, 15) is 13.2 Å². The van der Waals surface area contributed by atoms with Crippen LogP contribution in [0.15, 0.2) is 58.0 Å². The molecule has 2 fully saturated rings. The van der Waals surface area contributed by atoms with Crippen LogP contribution in [0.2, 0.25) is 0 Å². The summed E-state index contributed by atoms with van der Waals surface area (Å²) in [5, 5.41) is 0. The Morgan fingerprint density at radius 2 is 1.69 bits per heavy atom. The maximum Gasteiger partial charge on any atom is 0.289 e. The molecule has 8 heteroatoms. The van der Waals surface area contributed by atoms with Crippen LogP contribution in [-0.2, 0) is 10.0 Å². The number of carbonyl (C=O) groups excluding carboxylic acids is 1. The zero-order chi connectivity index (χ0) is 20.3. The number of carbonyl (C=O) groups is 1. The van der Waals surface area contributed by atoms with Crippen LogP contribution < -0.4 is 4.72 Å². The van der Waals surface area contributed by atoms with Crippen molar-refractivity contribution in [3.8, 4) is 0 Å². The average molecular weight is 418 g/mol. The first-order valence-corrected chi connectivity index (χ1v) is 11.7. The molecule has 1 aromatic heterocycles. The molecule has 2 atom stereocenters. The highest BCUT2D eigenvalue weighted by molar-refractivity contribution is 7.89. The summed E-state index contributed by atoms with van der Waals surface area (Å²) in [4.78, 5) is 16.9. The van der Waals surface area contributed by atoms with E-state index in [0.29, 0.717) is 23.7 Å². The highest BCUT2D eigenvalue weighted by atomic mass is 32.2. The van der Waals surface area contributed by atoms with Crippen molar-refractivity contribution in [3.63, 3.8) is 0 Å². The van der Waals surface area contributed by atoms with Crippen molar-refractivity contribution in [3.05, 3.63) is 54.5 Å². The van der Waals surface area contributed by atoms with Gasteiger partial charge in [0.15, 0.2) is 5.76 Å². The van der Waals surface area contributed by atoms with Crippen molar-refractivity contribution in [2.45, 2.75) is 42.7 Å². The molecule has 1 aliphatic carbocycles. The van der Waals surface area contributed by atoms with Gasteiger partial charge in [0, 0.05) is 38.3 Å². The minimum Gasteiger partial charge on any atom is -0.459 e. The van der Waals surface area contributed by atoms with Crippen molar-refractivity contribution in [1.82, 2.24) is 14.5 Å². The number of nitrogens with zero attached hydrogens (tertiary/aromatic N) is 2. The molecule has 1 aliphatic heterocycles. The maximum absolute atomic E-state index is 12.8. The first kappa shape index (κ1) is 20.1. The number of hydrogen-bond acceptors (Lipinski definition) is 5. The molecule has 2 heterocycles. The molecule has 0 bridgehead atoms. The van der Waals surface area contributed by atoms with Gasteiger partial charge in [-0.15, -0.1) is 0 Å². The highest BCUT2D eigenvalue weighted by Gasteiger charge is 2.35. The molecule has 0 spiro atoms. The van der Waals surface area contributed by atoms with Gasteiger partial charge in [-0.2, -0.15) is 0 Å². The van der Waals surface area contributed by atoms with Crippen LogP contribution in [0.1, 0.15) is 36.2 Å². The van der Waals surface area contributed by atoms with Crippen LogP contribution in [0.3, 0.4) is 0 Å². The Morgan fingerprint density at radius 1 is 0.966 bits per heavy atom. The first-order chi connectivity index (χ1) is 14.0. The van der Waals surface area contributed by atoms with E-state index < -0.39 is 10.0 Å². The zero-order valence-corrected chi connectivity index (χ0v) is 17.2. The summed E-state index contributed by atoms with van der Waals surface area (Å²) in [6.07, 6.45) is 5.43. The van der Waals surface area contributed by atoms with Crippen molar-refractivity contribution in [2.75, 3.05) is 26.2 Å². The van der Waals surface area contributed by atoms with Gasteiger partial charge in [-0.25, -0.2) is 13.1 Å². The predicted molar refractivity (Wildman–Crippen MR) is 109 cm³/mol. The second-order valence-electron chi connectivity index (χ2n) is 7.70. The number of amides is 1. The fourth-order valence-corrected chi connectivity index (χ4v) is 5.69. The molecule has 2 aromatic rings. The van der Waals surface area contributed by atoms with Gasteiger partial charge < -0.3 is 9.32 Å². The van der Waals surface area contributed by atoms with Gasteiger partial charge in [-0.3, -0.25) is 9.69 Å². The second-order valence-corrected chi connectivity index (χ2v) is 9.41. The monoisotopic (exact) mass is 417 g/mol. The highest BCUT2D eigenvalue weighted by Crippen LogP contribution is 2.26. The Bertz CT molecular complexity index is 907. The van der Waals surface area contributed by atoms with Crippen molar-refractivity contribution < 1.29 is 17.6 Å². The summed E-state index contributed by atoms with van der Waals surface area (Å²) in [6, 6.07) is 12.0. The number of benzene rings is 1. The van der Waals surface area contributed by atoms with Gasteiger partial charge in [0.25, 0.3) is 5.91 Å². The van der Waals surface area contributed by atoms with Gasteiger partial charge in [0.1, 0.15) is 0 Å². The third-order valence-corrected chi connectivity index (χ3v) is 7.40. The molecule has 1 amide bonds. The Kier molecular flexibility index (Phi) is 6.03. The molecular formula is C21H27N3O4S. The SMILES string of the molecule is O=C(c1ccco1)N1CCN([C@H]2CCCC[C@H]2NS(=O)(=O)c2ccccc2)CC1. The summed E-state index contributed by atoms with van der Waals surface area (Å²) in [5.41, 5.74) is 0. The van der Waals surface area contributed by atoms with Gasteiger partial charge in [-0.1, -0.05) is 31.0 Å². The number of nitrogens with one attached hydrogen (secondary N) is 1. The Hall–Kier alpha value is -2.16. The summed E-state index contributed by atoms with van der Waals surface area (Å²) < 4.78 is 33.8. The summed E-state index contributed by atoms with van der Waals surface area (Å²) in [7, 11) is -3.54.